The third-order valence-corrected chi connectivity index (χ3v) is 10.5. The summed E-state index contributed by atoms with van der Waals surface area (Å²) in [5.41, 5.74) is 6.83. The van der Waals surface area contributed by atoms with Gasteiger partial charge in [-0.3, -0.25) is 48.4 Å². The van der Waals surface area contributed by atoms with Gasteiger partial charge in [0.2, 0.25) is 47.3 Å². The summed E-state index contributed by atoms with van der Waals surface area (Å²) in [7, 11) is 0. The molecule has 2 aliphatic heterocycles. The molecule has 0 aliphatic carbocycles. The minimum Gasteiger partial charge on any atom is -0.481 e. The molecule has 2 saturated heterocycles. The number of hydrogen-bond acceptors (Lipinski definition) is 12. The predicted molar refractivity (Wildman–Crippen MR) is 203 cm³/mol. The number of thioether (sulfide) groups is 1. The maximum atomic E-state index is 12.8. The summed E-state index contributed by atoms with van der Waals surface area (Å²) in [5, 5.41) is 38.4. The Kier molecular flexibility index (Phi) is 21.2. The number of unbranched alkanes of at least 4 members (excludes halogenated alkanes) is 2. The maximum Gasteiger partial charge on any atom is 0.315 e. The molecular formula is C34H56N10O12S. The first-order valence-corrected chi connectivity index (χ1v) is 19.8. The number of carboxylic acids is 1. The van der Waals surface area contributed by atoms with Crippen LogP contribution >= 0.6 is 11.8 Å². The molecular weight excluding hydrogens is 772 g/mol. The second-order valence-corrected chi connectivity index (χ2v) is 15.5. The Balaban J connectivity index is 1.62. The van der Waals surface area contributed by atoms with E-state index in [1.807, 2.05) is 11.8 Å². The minimum absolute atomic E-state index is 0.0647. The lowest BCUT2D eigenvalue weighted by Gasteiger charge is -2.22. The second kappa shape index (κ2) is 25.1. The second-order valence-electron chi connectivity index (χ2n) is 14.2. The van der Waals surface area contributed by atoms with E-state index in [0.717, 1.165) is 25.0 Å². The molecule has 57 heavy (non-hydrogen) atoms. The van der Waals surface area contributed by atoms with Gasteiger partial charge in [-0.05, 0) is 44.4 Å². The van der Waals surface area contributed by atoms with Crippen LogP contribution in [-0.4, -0.2) is 131 Å². The van der Waals surface area contributed by atoms with Crippen molar-refractivity contribution in [1.82, 2.24) is 48.0 Å². The zero-order valence-corrected chi connectivity index (χ0v) is 32.9. The first-order valence-electron chi connectivity index (χ1n) is 18.8. The van der Waals surface area contributed by atoms with Gasteiger partial charge in [-0.15, -0.1) is 0 Å². The zero-order valence-electron chi connectivity index (χ0n) is 32.1. The topological polar surface area (TPSA) is 345 Å². The Bertz CT molecular complexity index is 1470. The van der Waals surface area contributed by atoms with Crippen LogP contribution in [0, 0.1) is 11.8 Å². The predicted octanol–water partition coefficient (Wildman–Crippen LogP) is -3.17. The number of urea groups is 1. The monoisotopic (exact) mass is 828 g/mol. The summed E-state index contributed by atoms with van der Waals surface area (Å²) >= 11 is 1.83. The van der Waals surface area contributed by atoms with Crippen molar-refractivity contribution in [2.24, 2.45) is 17.6 Å². The summed E-state index contributed by atoms with van der Waals surface area (Å²) in [6.07, 6.45) is 2.95. The van der Waals surface area contributed by atoms with Crippen LogP contribution in [0.25, 0.3) is 0 Å². The van der Waals surface area contributed by atoms with Gasteiger partial charge in [-0.1, -0.05) is 20.3 Å². The number of hydrogen-bond donors (Lipinski definition) is 12. The number of carbonyl (C=O) groups is 10. The van der Waals surface area contributed by atoms with Gasteiger partial charge in [0.05, 0.1) is 38.1 Å². The first kappa shape index (κ1) is 48.0. The first-order chi connectivity index (χ1) is 27.0. The molecule has 6 atom stereocenters. The van der Waals surface area contributed by atoms with Crippen molar-refractivity contribution in [3.8, 4) is 0 Å². The van der Waals surface area contributed by atoms with Gasteiger partial charge in [-0.2, -0.15) is 11.8 Å². The van der Waals surface area contributed by atoms with Gasteiger partial charge in [0.25, 0.3) is 0 Å². The Morgan fingerprint density at radius 2 is 1.44 bits per heavy atom. The minimum atomic E-state index is -1.61. The number of nitrogens with one attached hydrogen (secondary N) is 9. The van der Waals surface area contributed by atoms with E-state index >= 15 is 0 Å². The number of hydroxylamine groups is 1. The number of carbonyl (C=O) groups excluding carboxylic acids is 9. The van der Waals surface area contributed by atoms with Crippen LogP contribution < -0.4 is 53.7 Å². The van der Waals surface area contributed by atoms with Crippen molar-refractivity contribution in [2.75, 3.05) is 31.9 Å². The third kappa shape index (κ3) is 19.0. The lowest BCUT2D eigenvalue weighted by Crippen LogP contribution is -2.52. The molecule has 0 spiro atoms. The van der Waals surface area contributed by atoms with Crippen LogP contribution in [0.2, 0.25) is 0 Å². The molecule has 2 aliphatic rings. The van der Waals surface area contributed by atoms with E-state index in [9.17, 15) is 53.1 Å². The number of amides is 10. The fourth-order valence-electron chi connectivity index (χ4n) is 6.16. The average Bonchev–Trinajstić information content (AvgIpc) is 3.70. The molecule has 0 aromatic rings. The quantitative estimate of drug-likeness (QED) is 0.0169. The standard InChI is InChI=1S/C34H56N10O12S/c1-18(2)11-19(12-25(46)44-56)32(53)41-21(13-29(50)51)33(54)39-15-27(48)37-14-26(47)38-16-28(49)40-20(31(35)52)7-5-6-10-36-24(45)9-4-3-8-23-30-22(17-57-23)42-34(55)43-30/h18-23,30,56H,3-17H2,1-2H3,(H2,35,52)(H,36,45)(H,37,48)(H,38,47)(H,39,54)(H,40,49)(H,41,53)(H,44,46)(H,50,51)(H2,42,43,55)/t19?,20-,21-,22-,23-,30-/m0/s1. The molecule has 2 heterocycles. The van der Waals surface area contributed by atoms with E-state index in [1.165, 1.54) is 5.48 Å². The molecule has 0 aromatic heterocycles. The SMILES string of the molecule is CC(C)CC(CC(=O)NO)C(=O)N[C@@H](CC(=O)O)C(=O)NCC(=O)NCC(=O)NCC(=O)N[C@@H](CCCCNC(=O)CCCC[C@@H]1SC[C@@H]2NC(=O)N[C@@H]21)C(N)=O. The van der Waals surface area contributed by atoms with Crippen LogP contribution in [0.4, 0.5) is 4.79 Å². The van der Waals surface area contributed by atoms with Crippen molar-refractivity contribution in [3.05, 3.63) is 0 Å². The van der Waals surface area contributed by atoms with E-state index in [-0.39, 0.29) is 42.8 Å². The van der Waals surface area contributed by atoms with Crippen molar-refractivity contribution < 1.29 is 58.3 Å². The highest BCUT2D eigenvalue weighted by Crippen LogP contribution is 2.33. The van der Waals surface area contributed by atoms with Crippen molar-refractivity contribution in [1.29, 1.82) is 0 Å². The molecule has 13 N–H and O–H groups in total. The average molecular weight is 829 g/mol. The van der Waals surface area contributed by atoms with Crippen LogP contribution in [-0.2, 0) is 43.2 Å². The normalized spacial score (nSPS) is 18.4. The number of aliphatic carboxylic acids is 1. The lowest BCUT2D eigenvalue weighted by atomic mass is 9.92. The highest BCUT2D eigenvalue weighted by atomic mass is 32.2. The molecule has 22 nitrogen and oxygen atoms in total. The van der Waals surface area contributed by atoms with E-state index in [0.29, 0.717) is 31.1 Å². The van der Waals surface area contributed by atoms with Crippen LogP contribution in [0.1, 0.15) is 78.1 Å². The van der Waals surface area contributed by atoms with Gasteiger partial charge in [0.1, 0.15) is 12.1 Å². The molecule has 0 aromatic carbocycles. The number of fused-ring (bicyclic) bond motifs is 1. The highest BCUT2D eigenvalue weighted by molar-refractivity contribution is 8.00. The molecule has 320 valence electrons. The molecule has 0 saturated carbocycles. The van der Waals surface area contributed by atoms with Gasteiger partial charge in [0.15, 0.2) is 0 Å². The fourth-order valence-corrected chi connectivity index (χ4v) is 7.71. The molecule has 1 unspecified atom stereocenters. The Hall–Kier alpha value is -5.19. The van der Waals surface area contributed by atoms with Crippen molar-refractivity contribution >= 4 is 71.0 Å². The van der Waals surface area contributed by atoms with E-state index in [4.69, 9.17) is 10.9 Å². The summed E-state index contributed by atoms with van der Waals surface area (Å²) in [6, 6.07) is -2.47. The van der Waals surface area contributed by atoms with Gasteiger partial charge < -0.3 is 53.4 Å². The van der Waals surface area contributed by atoms with E-state index < -0.39 is 97.8 Å². The Labute approximate surface area is 333 Å². The van der Waals surface area contributed by atoms with Crippen molar-refractivity contribution in [2.45, 2.75) is 107 Å². The number of carboxylic acid groups (broad SMARTS) is 1. The fraction of sp³-hybridized carbons (Fsp3) is 0.706. The van der Waals surface area contributed by atoms with Crippen LogP contribution in [0.3, 0.4) is 0 Å². The summed E-state index contributed by atoms with van der Waals surface area (Å²) in [5.74, 6) is -7.55. The molecule has 2 fully saturated rings. The number of nitrogens with two attached hydrogens (primary N) is 1. The third-order valence-electron chi connectivity index (χ3n) is 9.01. The number of rotatable bonds is 27. The van der Waals surface area contributed by atoms with Gasteiger partial charge >= 0.3 is 12.0 Å². The van der Waals surface area contributed by atoms with Gasteiger partial charge in [-0.25, -0.2) is 10.3 Å². The molecule has 23 heteroatoms. The van der Waals surface area contributed by atoms with Crippen LogP contribution in [0.15, 0.2) is 0 Å². The van der Waals surface area contributed by atoms with Gasteiger partial charge in [0, 0.05) is 36.3 Å². The van der Waals surface area contributed by atoms with E-state index in [1.54, 1.807) is 13.8 Å². The smallest absolute Gasteiger partial charge is 0.315 e. The highest BCUT2D eigenvalue weighted by Gasteiger charge is 2.42. The Morgan fingerprint density at radius 3 is 2.07 bits per heavy atom. The molecule has 2 rings (SSSR count). The van der Waals surface area contributed by atoms with E-state index in [2.05, 4.69) is 42.5 Å². The lowest BCUT2D eigenvalue weighted by molar-refractivity contribution is -0.142. The largest absolute Gasteiger partial charge is 0.481 e. The summed E-state index contributed by atoms with van der Waals surface area (Å²) in [4.78, 5) is 121. The number of primary amides is 1. The zero-order chi connectivity index (χ0) is 42.5. The molecule has 0 radical (unpaired) electrons. The summed E-state index contributed by atoms with van der Waals surface area (Å²) < 4.78 is 0. The summed E-state index contributed by atoms with van der Waals surface area (Å²) in [6.45, 7) is 2.05. The molecule has 10 amide bonds. The maximum absolute atomic E-state index is 12.8. The van der Waals surface area contributed by atoms with Crippen molar-refractivity contribution in [3.63, 3.8) is 0 Å². The molecule has 0 bridgehead atoms. The van der Waals surface area contributed by atoms with Crippen LogP contribution in [0.5, 0.6) is 0 Å². The Morgan fingerprint density at radius 1 is 0.772 bits per heavy atom.